The molecule has 0 aliphatic rings. The molecule has 0 unspecified atom stereocenters. The van der Waals surface area contributed by atoms with Crippen LogP contribution in [-0.2, 0) is 27.4 Å². The second-order valence-corrected chi connectivity index (χ2v) is 7.18. The largest absolute Gasteiger partial charge is 0.459 e. The summed E-state index contributed by atoms with van der Waals surface area (Å²) in [6.07, 6.45) is 3.81. The van der Waals surface area contributed by atoms with Crippen LogP contribution in [0.5, 0.6) is 0 Å². The van der Waals surface area contributed by atoms with Gasteiger partial charge in [0, 0.05) is 12.4 Å². The number of esters is 1. The highest BCUT2D eigenvalue weighted by molar-refractivity contribution is 5.85. The highest BCUT2D eigenvalue weighted by Crippen LogP contribution is 2.11. The van der Waals surface area contributed by atoms with Crippen molar-refractivity contribution in [2.45, 2.75) is 32.9 Å². The molecule has 0 spiro atoms. The molecule has 0 aliphatic heterocycles. The van der Waals surface area contributed by atoms with Gasteiger partial charge in [-0.2, -0.15) is 5.10 Å². The minimum absolute atomic E-state index is 0.0792. The van der Waals surface area contributed by atoms with Gasteiger partial charge < -0.3 is 10.1 Å². The zero-order valence-corrected chi connectivity index (χ0v) is 16.6. The van der Waals surface area contributed by atoms with E-state index in [4.69, 9.17) is 4.74 Å². The molecule has 1 heterocycles. The molecule has 0 saturated heterocycles. The van der Waals surface area contributed by atoms with Crippen molar-refractivity contribution in [2.24, 2.45) is 5.92 Å². The summed E-state index contributed by atoms with van der Waals surface area (Å²) in [6.45, 7) is 3.91. The Bertz CT molecular complexity index is 920. The second kappa shape index (κ2) is 9.68. The minimum Gasteiger partial charge on any atom is -0.459 e. The summed E-state index contributed by atoms with van der Waals surface area (Å²) < 4.78 is 7.21. The van der Waals surface area contributed by atoms with Gasteiger partial charge in [0.25, 0.3) is 0 Å². The number of rotatable bonds is 8. The van der Waals surface area contributed by atoms with Crippen LogP contribution in [0.3, 0.4) is 0 Å². The molecule has 0 radical (unpaired) electrons. The van der Waals surface area contributed by atoms with Crippen LogP contribution < -0.4 is 5.32 Å². The third-order valence-electron chi connectivity index (χ3n) is 4.53. The predicted octanol–water partition coefficient (Wildman–Crippen LogP) is 3.30. The van der Waals surface area contributed by atoms with Gasteiger partial charge in [0.15, 0.2) is 0 Å². The minimum atomic E-state index is -0.686. The van der Waals surface area contributed by atoms with Crippen molar-refractivity contribution >= 4 is 11.9 Å². The molecule has 6 heteroatoms. The lowest BCUT2D eigenvalue weighted by atomic mass is 10.0. The van der Waals surface area contributed by atoms with Crippen molar-refractivity contribution < 1.29 is 14.3 Å². The number of hydrogen-bond acceptors (Lipinski definition) is 4. The monoisotopic (exact) mass is 391 g/mol. The van der Waals surface area contributed by atoms with Crippen LogP contribution in [0, 0.1) is 5.92 Å². The first-order valence-electron chi connectivity index (χ1n) is 9.62. The Labute approximate surface area is 170 Å². The van der Waals surface area contributed by atoms with E-state index >= 15 is 0 Å². The van der Waals surface area contributed by atoms with Gasteiger partial charge in [-0.15, -0.1) is 0 Å². The molecule has 0 bridgehead atoms. The van der Waals surface area contributed by atoms with Gasteiger partial charge >= 0.3 is 5.97 Å². The maximum atomic E-state index is 12.5. The molecule has 1 atom stereocenters. The van der Waals surface area contributed by atoms with Crippen LogP contribution in [-0.4, -0.2) is 27.7 Å². The summed E-state index contributed by atoms with van der Waals surface area (Å²) in [5.41, 5.74) is 2.70. The fourth-order valence-electron chi connectivity index (χ4n) is 2.91. The Morgan fingerprint density at radius 1 is 1.00 bits per heavy atom. The average molecular weight is 391 g/mol. The van der Waals surface area contributed by atoms with Gasteiger partial charge in [0.2, 0.25) is 5.91 Å². The molecule has 0 aliphatic carbocycles. The molecule has 1 amide bonds. The Hall–Kier alpha value is -3.41. The maximum absolute atomic E-state index is 12.5. The lowest BCUT2D eigenvalue weighted by Crippen LogP contribution is -2.45. The van der Waals surface area contributed by atoms with Gasteiger partial charge in [0.05, 0.1) is 12.1 Å². The molecule has 6 nitrogen and oxygen atoms in total. The molecular formula is C23H25N3O3. The summed E-state index contributed by atoms with van der Waals surface area (Å²) >= 11 is 0. The third kappa shape index (κ3) is 5.78. The number of hydrogen-bond donors (Lipinski definition) is 1. The van der Waals surface area contributed by atoms with Crippen molar-refractivity contribution in [2.75, 3.05) is 0 Å². The number of aromatic nitrogens is 2. The summed E-state index contributed by atoms with van der Waals surface area (Å²) in [6, 6.07) is 18.2. The number of benzene rings is 2. The number of carbonyl (C=O) groups is 2. The lowest BCUT2D eigenvalue weighted by molar-refractivity contribution is -0.150. The highest BCUT2D eigenvalue weighted by atomic mass is 16.5. The van der Waals surface area contributed by atoms with E-state index in [0.29, 0.717) is 0 Å². The molecule has 3 rings (SSSR count). The van der Waals surface area contributed by atoms with E-state index in [1.54, 1.807) is 10.9 Å². The van der Waals surface area contributed by atoms with E-state index in [9.17, 15) is 9.59 Å². The van der Waals surface area contributed by atoms with E-state index in [-0.39, 0.29) is 24.9 Å². The van der Waals surface area contributed by atoms with Crippen LogP contribution in [0.2, 0.25) is 0 Å². The van der Waals surface area contributed by atoms with E-state index in [1.165, 1.54) is 0 Å². The molecule has 29 heavy (non-hydrogen) atoms. The number of ether oxygens (including phenoxy) is 1. The topological polar surface area (TPSA) is 73.2 Å². The van der Waals surface area contributed by atoms with Crippen molar-refractivity contribution in [3.8, 4) is 5.69 Å². The van der Waals surface area contributed by atoms with E-state index < -0.39 is 12.0 Å². The van der Waals surface area contributed by atoms with Crippen LogP contribution in [0.15, 0.2) is 73.1 Å². The number of amides is 1. The normalized spacial score (nSPS) is 11.8. The summed E-state index contributed by atoms with van der Waals surface area (Å²) in [5.74, 6) is -0.711. The fraction of sp³-hybridized carbons (Fsp3) is 0.261. The smallest absolute Gasteiger partial charge is 0.329 e. The van der Waals surface area contributed by atoms with Crippen molar-refractivity contribution in [3.05, 3.63) is 84.2 Å². The fourth-order valence-corrected chi connectivity index (χ4v) is 2.91. The van der Waals surface area contributed by atoms with Gasteiger partial charge in [-0.25, -0.2) is 9.48 Å². The van der Waals surface area contributed by atoms with Gasteiger partial charge in [0.1, 0.15) is 12.6 Å². The first-order valence-corrected chi connectivity index (χ1v) is 9.62. The van der Waals surface area contributed by atoms with Gasteiger partial charge in [-0.1, -0.05) is 56.3 Å². The molecule has 2 aromatic carbocycles. The van der Waals surface area contributed by atoms with Crippen molar-refractivity contribution in [1.29, 1.82) is 0 Å². The zero-order valence-electron chi connectivity index (χ0n) is 16.6. The standard InChI is InChI=1S/C23H25N3O3/c1-17(2)22(25-21(27)15-18-7-4-3-5-8-18)23(28)29-16-19-9-11-20(12-10-19)26-14-6-13-24-26/h3-14,17,22H,15-16H2,1-2H3,(H,25,27)/t22-/m0/s1. The average Bonchev–Trinajstić information content (AvgIpc) is 3.26. The summed E-state index contributed by atoms with van der Waals surface area (Å²) in [4.78, 5) is 24.9. The predicted molar refractivity (Wildman–Crippen MR) is 110 cm³/mol. The second-order valence-electron chi connectivity index (χ2n) is 7.18. The van der Waals surface area contributed by atoms with Crippen molar-refractivity contribution in [1.82, 2.24) is 15.1 Å². The quantitative estimate of drug-likeness (QED) is 0.598. The molecule has 150 valence electrons. The van der Waals surface area contributed by atoms with Gasteiger partial charge in [-0.05, 0) is 35.2 Å². The van der Waals surface area contributed by atoms with Gasteiger partial charge in [-0.3, -0.25) is 4.79 Å². The maximum Gasteiger partial charge on any atom is 0.329 e. The van der Waals surface area contributed by atoms with E-state index in [1.807, 2.05) is 80.7 Å². The Morgan fingerprint density at radius 2 is 1.72 bits per heavy atom. The molecule has 0 saturated carbocycles. The van der Waals surface area contributed by atoms with Crippen LogP contribution in [0.1, 0.15) is 25.0 Å². The first kappa shape index (κ1) is 20.3. The molecular weight excluding hydrogens is 366 g/mol. The zero-order chi connectivity index (χ0) is 20.6. The van der Waals surface area contributed by atoms with Crippen molar-refractivity contribution in [3.63, 3.8) is 0 Å². The lowest BCUT2D eigenvalue weighted by Gasteiger charge is -2.21. The number of nitrogens with one attached hydrogen (secondary N) is 1. The first-order chi connectivity index (χ1) is 14.0. The SMILES string of the molecule is CC(C)[C@H](NC(=O)Cc1ccccc1)C(=O)OCc1ccc(-n2cccn2)cc1. The Balaban J connectivity index is 1.54. The molecule has 1 aromatic heterocycles. The third-order valence-corrected chi connectivity index (χ3v) is 4.53. The summed E-state index contributed by atoms with van der Waals surface area (Å²) in [5, 5.41) is 6.99. The van der Waals surface area contributed by atoms with Crippen LogP contribution in [0.4, 0.5) is 0 Å². The van der Waals surface area contributed by atoms with Crippen LogP contribution >= 0.6 is 0 Å². The summed E-state index contributed by atoms with van der Waals surface area (Å²) in [7, 11) is 0. The Morgan fingerprint density at radius 3 is 2.34 bits per heavy atom. The van der Waals surface area contributed by atoms with Crippen LogP contribution in [0.25, 0.3) is 5.69 Å². The molecule has 3 aromatic rings. The van der Waals surface area contributed by atoms with E-state index in [0.717, 1.165) is 16.8 Å². The highest BCUT2D eigenvalue weighted by Gasteiger charge is 2.25. The Kier molecular flexibility index (Phi) is 6.79. The number of nitrogens with zero attached hydrogens (tertiary/aromatic N) is 2. The molecule has 0 fully saturated rings. The number of carbonyl (C=O) groups excluding carboxylic acids is 2. The van der Waals surface area contributed by atoms with E-state index in [2.05, 4.69) is 10.4 Å². The molecule has 1 N–H and O–H groups in total.